The van der Waals surface area contributed by atoms with Crippen molar-refractivity contribution < 1.29 is 9.52 Å². The van der Waals surface area contributed by atoms with E-state index in [1.165, 1.54) is 6.20 Å². The normalized spacial score (nSPS) is 10.5. The highest BCUT2D eigenvalue weighted by atomic mass is 16.4. The summed E-state index contributed by atoms with van der Waals surface area (Å²) < 4.78 is 5.15. The average Bonchev–Trinajstić information content (AvgIpc) is 2.58. The van der Waals surface area contributed by atoms with Crippen molar-refractivity contribution in [3.05, 3.63) is 29.5 Å². The fourth-order valence-electron chi connectivity index (χ4n) is 1.41. The van der Waals surface area contributed by atoms with Crippen LogP contribution in [-0.2, 0) is 0 Å². The van der Waals surface area contributed by atoms with Crippen molar-refractivity contribution in [2.24, 2.45) is 0 Å². The number of phenolic OH excluding ortho intramolecular Hbond substituents is 1. The van der Waals surface area contributed by atoms with Gasteiger partial charge in [0, 0.05) is 0 Å². The highest BCUT2D eigenvalue weighted by molar-refractivity contribution is 5.67. The van der Waals surface area contributed by atoms with Gasteiger partial charge in [-0.3, -0.25) is 0 Å². The number of benzene rings is 1. The number of anilines is 1. The molecule has 1 aromatic carbocycles. The molecule has 4 nitrogen and oxygen atoms in total. The first-order valence-electron chi connectivity index (χ1n) is 4.60. The van der Waals surface area contributed by atoms with Crippen LogP contribution in [-0.4, -0.2) is 10.1 Å². The molecule has 78 valence electrons. The molecule has 0 radical (unpaired) electrons. The second-order valence-electron chi connectivity index (χ2n) is 3.52. The Balaban J connectivity index is 2.58. The van der Waals surface area contributed by atoms with E-state index < -0.39 is 0 Å². The van der Waals surface area contributed by atoms with Gasteiger partial charge >= 0.3 is 0 Å². The molecule has 2 aromatic rings. The number of phenols is 1. The zero-order valence-electron chi connectivity index (χ0n) is 8.61. The maximum absolute atomic E-state index is 9.75. The largest absolute Gasteiger partial charge is 0.507 e. The third-order valence-corrected chi connectivity index (χ3v) is 2.40. The van der Waals surface area contributed by atoms with Gasteiger partial charge in [-0.25, -0.2) is 4.98 Å². The van der Waals surface area contributed by atoms with Crippen LogP contribution in [0.1, 0.15) is 11.1 Å². The molecule has 0 fully saturated rings. The first-order valence-corrected chi connectivity index (χ1v) is 4.60. The molecule has 0 unspecified atom stereocenters. The van der Waals surface area contributed by atoms with Crippen LogP contribution in [0.25, 0.3) is 11.3 Å². The monoisotopic (exact) mass is 204 g/mol. The number of hydrogen-bond acceptors (Lipinski definition) is 4. The number of aromatic nitrogens is 1. The van der Waals surface area contributed by atoms with E-state index in [1.807, 2.05) is 19.9 Å². The number of aryl methyl sites for hydroxylation is 2. The van der Waals surface area contributed by atoms with E-state index in [0.29, 0.717) is 11.3 Å². The van der Waals surface area contributed by atoms with E-state index in [0.717, 1.165) is 11.1 Å². The summed E-state index contributed by atoms with van der Waals surface area (Å²) in [6.45, 7) is 3.91. The maximum Gasteiger partial charge on any atom is 0.292 e. The van der Waals surface area contributed by atoms with Crippen LogP contribution in [0.5, 0.6) is 5.75 Å². The third-order valence-electron chi connectivity index (χ3n) is 2.40. The zero-order valence-corrected chi connectivity index (χ0v) is 8.61. The van der Waals surface area contributed by atoms with Gasteiger partial charge in [-0.15, -0.1) is 0 Å². The van der Waals surface area contributed by atoms with Crippen LogP contribution in [0.2, 0.25) is 0 Å². The minimum Gasteiger partial charge on any atom is -0.507 e. The fraction of sp³-hybridized carbons (Fsp3) is 0.182. The Morgan fingerprint density at radius 3 is 2.53 bits per heavy atom. The van der Waals surface area contributed by atoms with Gasteiger partial charge in [-0.05, 0) is 37.1 Å². The van der Waals surface area contributed by atoms with Crippen molar-refractivity contribution in [1.82, 2.24) is 4.98 Å². The quantitative estimate of drug-likeness (QED) is 0.747. The topological polar surface area (TPSA) is 72.3 Å². The Labute approximate surface area is 87.4 Å². The van der Waals surface area contributed by atoms with Crippen molar-refractivity contribution >= 4 is 6.01 Å². The lowest BCUT2D eigenvalue weighted by atomic mass is 10.0. The van der Waals surface area contributed by atoms with E-state index in [4.69, 9.17) is 10.2 Å². The molecule has 1 heterocycles. The SMILES string of the molecule is Cc1cc(O)c(-c2cnc(N)o2)cc1C. The summed E-state index contributed by atoms with van der Waals surface area (Å²) in [5, 5.41) is 9.75. The van der Waals surface area contributed by atoms with Gasteiger partial charge in [-0.2, -0.15) is 0 Å². The van der Waals surface area contributed by atoms with E-state index in [1.54, 1.807) is 6.07 Å². The maximum atomic E-state index is 9.75. The van der Waals surface area contributed by atoms with Crippen molar-refractivity contribution in [2.75, 3.05) is 5.73 Å². The smallest absolute Gasteiger partial charge is 0.292 e. The van der Waals surface area contributed by atoms with Crippen LogP contribution in [0, 0.1) is 13.8 Å². The van der Waals surface area contributed by atoms with Crippen molar-refractivity contribution in [3.8, 4) is 17.1 Å². The number of nitrogen functional groups attached to an aromatic ring is 1. The van der Waals surface area contributed by atoms with Crippen LogP contribution in [0.3, 0.4) is 0 Å². The molecule has 0 amide bonds. The van der Waals surface area contributed by atoms with Gasteiger partial charge in [0.15, 0.2) is 5.76 Å². The van der Waals surface area contributed by atoms with Gasteiger partial charge in [0.25, 0.3) is 6.01 Å². The number of aromatic hydroxyl groups is 1. The standard InChI is InChI=1S/C11H12N2O2/c1-6-3-8(9(14)4-7(6)2)10-5-13-11(12)15-10/h3-5,14H,1-2H3,(H2,12,13). The molecule has 0 aliphatic heterocycles. The second kappa shape index (κ2) is 3.31. The fourth-order valence-corrected chi connectivity index (χ4v) is 1.41. The molecule has 0 saturated carbocycles. The van der Waals surface area contributed by atoms with Gasteiger partial charge in [0.05, 0.1) is 11.8 Å². The molecule has 0 aliphatic rings. The molecule has 0 saturated heterocycles. The Bertz CT molecular complexity index is 503. The Morgan fingerprint density at radius 2 is 1.93 bits per heavy atom. The zero-order chi connectivity index (χ0) is 11.0. The first-order chi connectivity index (χ1) is 7.08. The molecular formula is C11H12N2O2. The molecule has 0 aliphatic carbocycles. The van der Waals surface area contributed by atoms with Gasteiger partial charge in [-0.1, -0.05) is 0 Å². The minimum atomic E-state index is 0.0997. The lowest BCUT2D eigenvalue weighted by molar-refractivity contribution is 0.473. The van der Waals surface area contributed by atoms with Gasteiger partial charge in [0.2, 0.25) is 0 Å². The van der Waals surface area contributed by atoms with E-state index >= 15 is 0 Å². The highest BCUT2D eigenvalue weighted by Crippen LogP contribution is 2.32. The predicted octanol–water partition coefficient (Wildman–Crippen LogP) is 2.25. The van der Waals surface area contributed by atoms with Crippen molar-refractivity contribution in [2.45, 2.75) is 13.8 Å². The van der Waals surface area contributed by atoms with Crippen LogP contribution >= 0.6 is 0 Å². The number of hydrogen-bond donors (Lipinski definition) is 2. The number of nitrogens with two attached hydrogens (primary N) is 1. The van der Waals surface area contributed by atoms with Crippen LogP contribution in [0.4, 0.5) is 6.01 Å². The highest BCUT2D eigenvalue weighted by Gasteiger charge is 2.10. The minimum absolute atomic E-state index is 0.0997. The Hall–Kier alpha value is -1.97. The molecule has 3 N–H and O–H groups in total. The summed E-state index contributed by atoms with van der Waals surface area (Å²) in [6, 6.07) is 3.65. The van der Waals surface area contributed by atoms with Gasteiger partial charge in [0.1, 0.15) is 5.75 Å². The van der Waals surface area contributed by atoms with Gasteiger partial charge < -0.3 is 15.3 Å². The number of oxazole rings is 1. The number of rotatable bonds is 1. The second-order valence-corrected chi connectivity index (χ2v) is 3.52. The summed E-state index contributed by atoms with van der Waals surface area (Å²) in [4.78, 5) is 3.79. The molecule has 0 bridgehead atoms. The van der Waals surface area contributed by atoms with Crippen molar-refractivity contribution in [3.63, 3.8) is 0 Å². The van der Waals surface area contributed by atoms with Crippen LogP contribution < -0.4 is 5.73 Å². The number of nitrogens with zero attached hydrogens (tertiary/aromatic N) is 1. The molecule has 0 spiro atoms. The lowest BCUT2D eigenvalue weighted by Crippen LogP contribution is -1.84. The first kappa shape index (κ1) is 9.58. The summed E-state index contributed by atoms with van der Waals surface area (Å²) >= 11 is 0. The molecule has 15 heavy (non-hydrogen) atoms. The van der Waals surface area contributed by atoms with Crippen LogP contribution in [0.15, 0.2) is 22.7 Å². The summed E-state index contributed by atoms with van der Waals surface area (Å²) in [5.41, 5.74) is 8.10. The summed E-state index contributed by atoms with van der Waals surface area (Å²) in [5.74, 6) is 0.655. The third kappa shape index (κ3) is 1.66. The predicted molar refractivity (Wildman–Crippen MR) is 57.5 cm³/mol. The Kier molecular flexibility index (Phi) is 2.11. The average molecular weight is 204 g/mol. The lowest BCUT2D eigenvalue weighted by Gasteiger charge is -2.05. The molecule has 2 rings (SSSR count). The summed E-state index contributed by atoms with van der Waals surface area (Å²) in [7, 11) is 0. The van der Waals surface area contributed by atoms with E-state index in [2.05, 4.69) is 4.98 Å². The molecule has 0 atom stereocenters. The molecule has 1 aromatic heterocycles. The molecular weight excluding hydrogens is 192 g/mol. The van der Waals surface area contributed by atoms with Crippen molar-refractivity contribution in [1.29, 1.82) is 0 Å². The van der Waals surface area contributed by atoms with E-state index in [9.17, 15) is 5.11 Å². The van der Waals surface area contributed by atoms with E-state index in [-0.39, 0.29) is 11.8 Å². The summed E-state index contributed by atoms with van der Waals surface area (Å²) in [6.07, 6.45) is 1.50. The molecule has 4 heteroatoms. The Morgan fingerprint density at radius 1 is 1.27 bits per heavy atom.